The van der Waals surface area contributed by atoms with Crippen molar-refractivity contribution >= 4 is 11.0 Å². The van der Waals surface area contributed by atoms with Gasteiger partial charge in [-0.1, -0.05) is 37.3 Å². The molecule has 2 N–H and O–H groups in total. The van der Waals surface area contributed by atoms with Gasteiger partial charge in [0.25, 0.3) is 0 Å². The number of piperidine rings is 1. The van der Waals surface area contributed by atoms with Crippen molar-refractivity contribution in [1.82, 2.24) is 15.3 Å². The van der Waals surface area contributed by atoms with Crippen molar-refractivity contribution in [3.05, 3.63) is 48.8 Å². The van der Waals surface area contributed by atoms with Gasteiger partial charge in [-0.3, -0.25) is 0 Å². The second-order valence-corrected chi connectivity index (χ2v) is 6.95. The molecule has 1 aromatic carbocycles. The van der Waals surface area contributed by atoms with E-state index in [2.05, 4.69) is 46.5 Å². The summed E-state index contributed by atoms with van der Waals surface area (Å²) < 4.78 is 6.29. The van der Waals surface area contributed by atoms with Crippen LogP contribution < -0.4 is 10.1 Å². The zero-order valence-electron chi connectivity index (χ0n) is 14.0. The van der Waals surface area contributed by atoms with Gasteiger partial charge in [-0.05, 0) is 37.6 Å². The summed E-state index contributed by atoms with van der Waals surface area (Å²) >= 11 is 0. The first-order valence-corrected chi connectivity index (χ1v) is 8.60. The van der Waals surface area contributed by atoms with Crippen LogP contribution >= 0.6 is 0 Å². The van der Waals surface area contributed by atoms with E-state index in [0.29, 0.717) is 0 Å². The Hall–Kier alpha value is -2.33. The number of nitrogens with one attached hydrogen (secondary N) is 2. The monoisotopic (exact) mass is 321 g/mol. The molecule has 24 heavy (non-hydrogen) atoms. The fraction of sp³-hybridized carbons (Fsp3) is 0.350. The summed E-state index contributed by atoms with van der Waals surface area (Å²) in [6, 6.07) is 12.4. The van der Waals surface area contributed by atoms with Gasteiger partial charge in [0.2, 0.25) is 0 Å². The molecule has 3 aromatic rings. The van der Waals surface area contributed by atoms with Gasteiger partial charge in [0.05, 0.1) is 12.0 Å². The minimum absolute atomic E-state index is 0.240. The predicted molar refractivity (Wildman–Crippen MR) is 97.2 cm³/mol. The van der Waals surface area contributed by atoms with Crippen LogP contribution in [0.2, 0.25) is 0 Å². The van der Waals surface area contributed by atoms with E-state index in [-0.39, 0.29) is 5.41 Å². The molecule has 1 aliphatic rings. The van der Waals surface area contributed by atoms with E-state index >= 15 is 0 Å². The summed E-state index contributed by atoms with van der Waals surface area (Å²) in [5, 5.41) is 4.49. The maximum absolute atomic E-state index is 6.29. The maximum Gasteiger partial charge on any atom is 0.141 e. The Bertz CT molecular complexity index is 819. The van der Waals surface area contributed by atoms with Crippen molar-refractivity contribution in [1.29, 1.82) is 0 Å². The fourth-order valence-corrected chi connectivity index (χ4v) is 3.42. The van der Waals surface area contributed by atoms with E-state index in [1.807, 2.05) is 24.5 Å². The first-order chi connectivity index (χ1) is 11.8. The Balaban J connectivity index is 1.67. The van der Waals surface area contributed by atoms with E-state index in [1.165, 1.54) is 5.56 Å². The van der Waals surface area contributed by atoms with Crippen LogP contribution in [0.3, 0.4) is 0 Å². The van der Waals surface area contributed by atoms with Gasteiger partial charge in [-0.2, -0.15) is 0 Å². The van der Waals surface area contributed by atoms with Gasteiger partial charge in [-0.15, -0.1) is 0 Å². The van der Waals surface area contributed by atoms with Crippen molar-refractivity contribution in [2.24, 2.45) is 5.41 Å². The summed E-state index contributed by atoms with van der Waals surface area (Å²) in [5.74, 6) is 0.917. The summed E-state index contributed by atoms with van der Waals surface area (Å²) in [5.41, 5.74) is 3.44. The Morgan fingerprint density at radius 2 is 1.92 bits per heavy atom. The third kappa shape index (κ3) is 2.89. The average Bonchev–Trinajstić information content (AvgIpc) is 3.06. The van der Waals surface area contributed by atoms with Crippen LogP contribution in [0.5, 0.6) is 5.75 Å². The minimum Gasteiger partial charge on any atom is -0.492 e. The van der Waals surface area contributed by atoms with Crippen LogP contribution in [-0.2, 0) is 0 Å². The van der Waals surface area contributed by atoms with Gasteiger partial charge in [0, 0.05) is 23.4 Å². The zero-order valence-corrected chi connectivity index (χ0v) is 14.0. The quantitative estimate of drug-likeness (QED) is 0.763. The van der Waals surface area contributed by atoms with E-state index in [9.17, 15) is 0 Å². The summed E-state index contributed by atoms with van der Waals surface area (Å²) in [6.45, 7) is 5.21. The van der Waals surface area contributed by atoms with Gasteiger partial charge >= 0.3 is 0 Å². The first kappa shape index (κ1) is 15.2. The number of pyridine rings is 1. The smallest absolute Gasteiger partial charge is 0.141 e. The SMILES string of the molecule is CC1(COc2ccnc3[nH]cc(-c4ccccc4)c23)CCNCC1. The van der Waals surface area contributed by atoms with Gasteiger partial charge in [-0.25, -0.2) is 4.98 Å². The number of aromatic nitrogens is 2. The van der Waals surface area contributed by atoms with Crippen molar-refractivity contribution in [3.8, 4) is 16.9 Å². The zero-order chi connectivity index (χ0) is 16.4. The normalized spacial score (nSPS) is 17.0. The lowest BCUT2D eigenvalue weighted by molar-refractivity contribution is 0.124. The molecule has 4 heteroatoms. The van der Waals surface area contributed by atoms with Crippen LogP contribution in [0.1, 0.15) is 19.8 Å². The number of H-pyrrole nitrogens is 1. The molecule has 0 unspecified atom stereocenters. The number of ether oxygens (including phenoxy) is 1. The standard InChI is InChI=1S/C20H23N3O/c1-20(8-11-21-12-9-20)14-24-17-7-10-22-19-18(17)16(13-23-19)15-5-3-2-4-6-15/h2-7,10,13,21H,8-9,11-12,14H2,1H3,(H,22,23). The van der Waals surface area contributed by atoms with Gasteiger partial charge in [0.1, 0.15) is 11.4 Å². The number of nitrogens with zero attached hydrogens (tertiary/aromatic N) is 1. The fourth-order valence-electron chi connectivity index (χ4n) is 3.42. The Morgan fingerprint density at radius 1 is 1.12 bits per heavy atom. The number of fused-ring (bicyclic) bond motifs is 1. The minimum atomic E-state index is 0.240. The largest absolute Gasteiger partial charge is 0.492 e. The predicted octanol–water partition coefficient (Wildman–Crippen LogP) is 4.00. The number of rotatable bonds is 4. The van der Waals surface area contributed by atoms with Crippen LogP contribution in [0.15, 0.2) is 48.8 Å². The summed E-state index contributed by atoms with van der Waals surface area (Å²) in [7, 11) is 0. The molecule has 0 saturated carbocycles. The molecular formula is C20H23N3O. The average molecular weight is 321 g/mol. The van der Waals surface area contributed by atoms with Crippen molar-refractivity contribution in [2.75, 3.05) is 19.7 Å². The third-order valence-corrected chi connectivity index (χ3v) is 5.01. The second kappa shape index (κ2) is 6.29. The molecule has 0 atom stereocenters. The van der Waals surface area contributed by atoms with Crippen LogP contribution in [0.25, 0.3) is 22.2 Å². The van der Waals surface area contributed by atoms with Crippen LogP contribution in [0.4, 0.5) is 0 Å². The third-order valence-electron chi connectivity index (χ3n) is 5.01. The molecule has 4 nitrogen and oxygen atoms in total. The molecule has 0 spiro atoms. The number of benzene rings is 1. The van der Waals surface area contributed by atoms with E-state index in [4.69, 9.17) is 4.74 Å². The van der Waals surface area contributed by atoms with Crippen molar-refractivity contribution in [3.63, 3.8) is 0 Å². The Kier molecular flexibility index (Phi) is 3.98. The highest BCUT2D eigenvalue weighted by Crippen LogP contribution is 2.36. The highest BCUT2D eigenvalue weighted by molar-refractivity contribution is 5.97. The van der Waals surface area contributed by atoms with E-state index in [1.54, 1.807) is 0 Å². The Morgan fingerprint density at radius 3 is 2.71 bits per heavy atom. The molecule has 0 radical (unpaired) electrons. The Labute approximate surface area is 142 Å². The lowest BCUT2D eigenvalue weighted by atomic mass is 9.82. The van der Waals surface area contributed by atoms with Crippen LogP contribution in [0, 0.1) is 5.41 Å². The maximum atomic E-state index is 6.29. The van der Waals surface area contributed by atoms with Crippen molar-refractivity contribution < 1.29 is 4.74 Å². The molecular weight excluding hydrogens is 298 g/mol. The first-order valence-electron chi connectivity index (χ1n) is 8.60. The molecule has 1 aliphatic heterocycles. The van der Waals surface area contributed by atoms with Crippen LogP contribution in [-0.4, -0.2) is 29.7 Å². The second-order valence-electron chi connectivity index (χ2n) is 6.95. The summed E-state index contributed by atoms with van der Waals surface area (Å²) in [4.78, 5) is 7.73. The topological polar surface area (TPSA) is 49.9 Å². The molecule has 0 aliphatic carbocycles. The summed E-state index contributed by atoms with van der Waals surface area (Å²) in [6.07, 6.45) is 6.14. The molecule has 1 saturated heterocycles. The molecule has 124 valence electrons. The van der Waals surface area contributed by atoms with Gasteiger partial charge < -0.3 is 15.0 Å². The molecule has 4 rings (SSSR count). The number of aromatic amines is 1. The van der Waals surface area contributed by atoms with Gasteiger partial charge in [0.15, 0.2) is 0 Å². The molecule has 0 amide bonds. The van der Waals surface area contributed by atoms with E-state index in [0.717, 1.165) is 54.9 Å². The highest BCUT2D eigenvalue weighted by Gasteiger charge is 2.28. The molecule has 2 aromatic heterocycles. The number of hydrogen-bond donors (Lipinski definition) is 2. The lowest BCUT2D eigenvalue weighted by Gasteiger charge is -2.33. The number of hydrogen-bond acceptors (Lipinski definition) is 3. The van der Waals surface area contributed by atoms with E-state index < -0.39 is 0 Å². The van der Waals surface area contributed by atoms with Crippen molar-refractivity contribution in [2.45, 2.75) is 19.8 Å². The highest BCUT2D eigenvalue weighted by atomic mass is 16.5. The molecule has 3 heterocycles. The lowest BCUT2D eigenvalue weighted by Crippen LogP contribution is -2.38. The molecule has 1 fully saturated rings. The molecule has 0 bridgehead atoms.